The maximum Gasteiger partial charge on any atom is 0.223 e. The third-order valence-corrected chi connectivity index (χ3v) is 4.48. The van der Waals surface area contributed by atoms with E-state index in [-0.39, 0.29) is 0 Å². The van der Waals surface area contributed by atoms with E-state index >= 15 is 0 Å². The first-order valence-corrected chi connectivity index (χ1v) is 7.99. The Bertz CT molecular complexity index is 623. The lowest BCUT2D eigenvalue weighted by atomic mass is 10.0. The molecule has 0 bridgehead atoms. The Morgan fingerprint density at radius 2 is 1.73 bits per heavy atom. The van der Waals surface area contributed by atoms with Crippen LogP contribution in [0, 0.1) is 0 Å². The molecule has 22 heavy (non-hydrogen) atoms. The van der Waals surface area contributed by atoms with Crippen LogP contribution >= 0.6 is 0 Å². The molecule has 1 fully saturated rings. The Balaban J connectivity index is 1.80. The molecule has 2 aromatic rings. The molecule has 0 aliphatic carbocycles. The molecule has 118 valence electrons. The van der Waals surface area contributed by atoms with E-state index in [0.717, 1.165) is 17.3 Å². The molecule has 3 rings (SSSR count). The van der Waals surface area contributed by atoms with Crippen molar-refractivity contribution < 1.29 is 0 Å². The summed E-state index contributed by atoms with van der Waals surface area (Å²) in [6.45, 7) is 4.73. The van der Waals surface area contributed by atoms with Crippen LogP contribution in [0.5, 0.6) is 0 Å². The highest BCUT2D eigenvalue weighted by atomic mass is 15.4. The SMILES string of the molecule is CC(c1ccc(-c2nc(N(C)C)n(C)n2)cc1)N1CCCC1. The van der Waals surface area contributed by atoms with E-state index in [1.807, 2.05) is 30.7 Å². The summed E-state index contributed by atoms with van der Waals surface area (Å²) in [5, 5.41) is 4.51. The highest BCUT2D eigenvalue weighted by Gasteiger charge is 2.19. The van der Waals surface area contributed by atoms with Crippen LogP contribution in [0.2, 0.25) is 0 Å². The second-order valence-corrected chi connectivity index (χ2v) is 6.29. The number of hydrogen-bond donors (Lipinski definition) is 0. The molecule has 0 amide bonds. The smallest absolute Gasteiger partial charge is 0.223 e. The van der Waals surface area contributed by atoms with E-state index in [9.17, 15) is 0 Å². The molecule has 5 heteroatoms. The predicted octanol–water partition coefficient (Wildman–Crippen LogP) is 2.70. The molecule has 1 aromatic carbocycles. The lowest BCUT2D eigenvalue weighted by molar-refractivity contribution is 0.263. The van der Waals surface area contributed by atoms with Gasteiger partial charge >= 0.3 is 0 Å². The van der Waals surface area contributed by atoms with Crippen LogP contribution in [0.15, 0.2) is 24.3 Å². The van der Waals surface area contributed by atoms with Gasteiger partial charge in [0.15, 0.2) is 5.82 Å². The van der Waals surface area contributed by atoms with Crippen molar-refractivity contribution >= 4 is 5.95 Å². The Hall–Kier alpha value is -1.88. The van der Waals surface area contributed by atoms with Crippen molar-refractivity contribution in [2.75, 3.05) is 32.1 Å². The van der Waals surface area contributed by atoms with Gasteiger partial charge in [-0.15, -0.1) is 5.10 Å². The highest BCUT2D eigenvalue weighted by molar-refractivity contribution is 5.57. The van der Waals surface area contributed by atoms with Crippen molar-refractivity contribution in [3.05, 3.63) is 29.8 Å². The highest BCUT2D eigenvalue weighted by Crippen LogP contribution is 2.26. The Morgan fingerprint density at radius 1 is 1.09 bits per heavy atom. The molecule has 0 N–H and O–H groups in total. The maximum atomic E-state index is 4.60. The summed E-state index contributed by atoms with van der Waals surface area (Å²) in [5.74, 6) is 1.65. The summed E-state index contributed by atoms with van der Waals surface area (Å²) in [6.07, 6.45) is 2.65. The fourth-order valence-electron chi connectivity index (χ4n) is 3.14. The van der Waals surface area contributed by atoms with Crippen LogP contribution in [0.25, 0.3) is 11.4 Å². The van der Waals surface area contributed by atoms with Crippen LogP contribution in [-0.2, 0) is 7.05 Å². The average Bonchev–Trinajstić information content (AvgIpc) is 3.16. The Morgan fingerprint density at radius 3 is 2.27 bits per heavy atom. The van der Waals surface area contributed by atoms with Gasteiger partial charge in [0.2, 0.25) is 5.95 Å². The number of anilines is 1. The van der Waals surface area contributed by atoms with Gasteiger partial charge in [-0.2, -0.15) is 4.98 Å². The second kappa shape index (κ2) is 6.08. The van der Waals surface area contributed by atoms with E-state index in [0.29, 0.717) is 6.04 Å². The van der Waals surface area contributed by atoms with Crippen molar-refractivity contribution in [3.8, 4) is 11.4 Å². The summed E-state index contributed by atoms with van der Waals surface area (Å²) in [4.78, 5) is 9.13. The topological polar surface area (TPSA) is 37.2 Å². The minimum Gasteiger partial charge on any atom is -0.347 e. The molecule has 1 atom stereocenters. The van der Waals surface area contributed by atoms with Gasteiger partial charge in [0.05, 0.1) is 0 Å². The largest absolute Gasteiger partial charge is 0.347 e. The van der Waals surface area contributed by atoms with Crippen molar-refractivity contribution in [2.45, 2.75) is 25.8 Å². The van der Waals surface area contributed by atoms with E-state index in [1.54, 1.807) is 0 Å². The zero-order valence-corrected chi connectivity index (χ0v) is 14.0. The number of hydrogen-bond acceptors (Lipinski definition) is 4. The summed E-state index contributed by atoms with van der Waals surface area (Å²) in [7, 11) is 5.89. The lowest BCUT2D eigenvalue weighted by Gasteiger charge is -2.24. The second-order valence-electron chi connectivity index (χ2n) is 6.29. The number of aromatic nitrogens is 3. The lowest BCUT2D eigenvalue weighted by Crippen LogP contribution is -2.23. The van der Waals surface area contributed by atoms with Crippen LogP contribution in [-0.4, -0.2) is 46.8 Å². The van der Waals surface area contributed by atoms with Gasteiger partial charge in [0, 0.05) is 32.7 Å². The molecule has 1 unspecified atom stereocenters. The molecule has 1 saturated heterocycles. The van der Waals surface area contributed by atoms with Gasteiger partial charge in [0.1, 0.15) is 0 Å². The van der Waals surface area contributed by atoms with Crippen LogP contribution in [0.1, 0.15) is 31.4 Å². The molecule has 1 aromatic heterocycles. The van der Waals surface area contributed by atoms with E-state index in [2.05, 4.69) is 46.2 Å². The first-order valence-electron chi connectivity index (χ1n) is 7.99. The van der Waals surface area contributed by atoms with Crippen LogP contribution < -0.4 is 4.90 Å². The fourth-order valence-corrected chi connectivity index (χ4v) is 3.14. The molecule has 0 saturated carbocycles. The predicted molar refractivity (Wildman–Crippen MR) is 90.0 cm³/mol. The summed E-state index contributed by atoms with van der Waals surface area (Å²) in [5.41, 5.74) is 2.44. The number of nitrogens with zero attached hydrogens (tertiary/aromatic N) is 5. The van der Waals surface area contributed by atoms with Crippen molar-refractivity contribution in [2.24, 2.45) is 7.05 Å². The van der Waals surface area contributed by atoms with E-state index in [4.69, 9.17) is 0 Å². The first-order chi connectivity index (χ1) is 10.6. The normalized spacial score (nSPS) is 16.9. The molecule has 1 aliphatic heterocycles. The van der Waals surface area contributed by atoms with Gasteiger partial charge in [-0.1, -0.05) is 24.3 Å². The van der Waals surface area contributed by atoms with Gasteiger partial charge in [0.25, 0.3) is 0 Å². The van der Waals surface area contributed by atoms with Gasteiger partial charge in [-0.3, -0.25) is 4.90 Å². The number of aryl methyl sites for hydroxylation is 1. The summed E-state index contributed by atoms with van der Waals surface area (Å²) >= 11 is 0. The molecule has 1 aliphatic rings. The molecular weight excluding hydrogens is 274 g/mol. The minimum atomic E-state index is 0.491. The van der Waals surface area contributed by atoms with Crippen LogP contribution in [0.4, 0.5) is 5.95 Å². The third-order valence-electron chi connectivity index (χ3n) is 4.48. The van der Waals surface area contributed by atoms with Crippen molar-refractivity contribution in [1.29, 1.82) is 0 Å². The summed E-state index contributed by atoms with van der Waals surface area (Å²) < 4.78 is 1.82. The van der Waals surface area contributed by atoms with Gasteiger partial charge in [-0.05, 0) is 38.4 Å². The first kappa shape index (κ1) is 15.0. The quantitative estimate of drug-likeness (QED) is 0.870. The van der Waals surface area contributed by atoms with E-state index in [1.165, 1.54) is 31.5 Å². The van der Waals surface area contributed by atoms with Crippen molar-refractivity contribution in [1.82, 2.24) is 19.7 Å². The molecule has 2 heterocycles. The minimum absolute atomic E-state index is 0.491. The number of likely N-dealkylation sites (tertiary alicyclic amines) is 1. The molecule has 0 spiro atoms. The fraction of sp³-hybridized carbons (Fsp3) is 0.529. The van der Waals surface area contributed by atoms with Crippen molar-refractivity contribution in [3.63, 3.8) is 0 Å². The molecular formula is C17H25N5. The van der Waals surface area contributed by atoms with E-state index < -0.39 is 0 Å². The monoisotopic (exact) mass is 299 g/mol. The molecule has 0 radical (unpaired) electrons. The number of benzene rings is 1. The zero-order chi connectivity index (χ0) is 15.7. The van der Waals surface area contributed by atoms with Crippen LogP contribution in [0.3, 0.4) is 0 Å². The third kappa shape index (κ3) is 2.86. The maximum absolute atomic E-state index is 4.60. The Kier molecular flexibility index (Phi) is 4.16. The van der Waals surface area contributed by atoms with Gasteiger partial charge in [-0.25, -0.2) is 4.68 Å². The van der Waals surface area contributed by atoms with Gasteiger partial charge < -0.3 is 4.90 Å². The Labute approximate surface area is 132 Å². The number of rotatable bonds is 4. The average molecular weight is 299 g/mol. The zero-order valence-electron chi connectivity index (χ0n) is 14.0. The standard InChI is InChI=1S/C17H25N5/c1-13(22-11-5-6-12-22)14-7-9-15(10-8-14)16-18-17(20(2)3)21(4)19-16/h7-10,13H,5-6,11-12H2,1-4H3. The summed E-state index contributed by atoms with van der Waals surface area (Å²) in [6, 6.07) is 9.19. The molecule has 5 nitrogen and oxygen atoms in total.